The lowest BCUT2D eigenvalue weighted by molar-refractivity contribution is -0.385. The Bertz CT molecular complexity index is 456. The second kappa shape index (κ2) is 3.95. The SMILES string of the molecule is CC(=O)c1c(F)cc(C=O)cc1[N+](=O)[O-]. The van der Waals surface area contributed by atoms with Crippen molar-refractivity contribution in [1.29, 1.82) is 0 Å². The van der Waals surface area contributed by atoms with E-state index in [2.05, 4.69) is 0 Å². The van der Waals surface area contributed by atoms with Crippen molar-refractivity contribution in [1.82, 2.24) is 0 Å². The van der Waals surface area contributed by atoms with Crippen LogP contribution in [0.4, 0.5) is 10.1 Å². The molecular formula is C9H6FNO4. The van der Waals surface area contributed by atoms with Gasteiger partial charge in [0.15, 0.2) is 5.78 Å². The molecule has 0 aliphatic rings. The molecular weight excluding hydrogens is 205 g/mol. The molecule has 0 atom stereocenters. The number of hydrogen-bond donors (Lipinski definition) is 0. The number of nitro groups is 1. The molecule has 0 aliphatic carbocycles. The minimum atomic E-state index is -1.06. The van der Waals surface area contributed by atoms with Gasteiger partial charge in [-0.2, -0.15) is 0 Å². The van der Waals surface area contributed by atoms with E-state index in [0.717, 1.165) is 19.1 Å². The van der Waals surface area contributed by atoms with Gasteiger partial charge in [-0.15, -0.1) is 0 Å². The van der Waals surface area contributed by atoms with Gasteiger partial charge in [-0.3, -0.25) is 19.7 Å². The van der Waals surface area contributed by atoms with Crippen molar-refractivity contribution < 1.29 is 18.9 Å². The fourth-order valence-corrected chi connectivity index (χ4v) is 1.17. The largest absolute Gasteiger partial charge is 0.298 e. The molecule has 0 aliphatic heterocycles. The molecule has 0 N–H and O–H groups in total. The Morgan fingerprint density at radius 2 is 2.13 bits per heavy atom. The van der Waals surface area contributed by atoms with E-state index in [1.165, 1.54) is 0 Å². The van der Waals surface area contributed by atoms with Crippen LogP contribution < -0.4 is 0 Å². The quantitative estimate of drug-likeness (QED) is 0.330. The Morgan fingerprint density at radius 3 is 2.53 bits per heavy atom. The summed E-state index contributed by atoms with van der Waals surface area (Å²) in [6.07, 6.45) is 0.278. The zero-order valence-corrected chi connectivity index (χ0v) is 7.69. The van der Waals surface area contributed by atoms with E-state index in [4.69, 9.17) is 0 Å². The van der Waals surface area contributed by atoms with E-state index in [-0.39, 0.29) is 11.8 Å². The number of nitrogens with zero attached hydrogens (tertiary/aromatic N) is 1. The van der Waals surface area contributed by atoms with Crippen molar-refractivity contribution in [3.8, 4) is 0 Å². The highest BCUT2D eigenvalue weighted by Gasteiger charge is 2.23. The van der Waals surface area contributed by atoms with Crippen LogP contribution in [0.15, 0.2) is 12.1 Å². The molecule has 0 amide bonds. The number of aldehydes is 1. The van der Waals surface area contributed by atoms with Crippen LogP contribution in [-0.2, 0) is 0 Å². The summed E-state index contributed by atoms with van der Waals surface area (Å²) in [5.74, 6) is -1.81. The summed E-state index contributed by atoms with van der Waals surface area (Å²) in [6.45, 7) is 1.02. The average Bonchev–Trinajstić information content (AvgIpc) is 2.15. The Kier molecular flexibility index (Phi) is 2.89. The van der Waals surface area contributed by atoms with Gasteiger partial charge in [-0.05, 0) is 13.0 Å². The van der Waals surface area contributed by atoms with Crippen molar-refractivity contribution in [2.24, 2.45) is 0 Å². The summed E-state index contributed by atoms with van der Waals surface area (Å²) in [6, 6.07) is 1.66. The lowest BCUT2D eigenvalue weighted by Crippen LogP contribution is -2.04. The predicted octanol–water partition coefficient (Wildman–Crippen LogP) is 1.75. The standard InChI is InChI=1S/C9H6FNO4/c1-5(13)9-7(10)2-6(4-12)3-8(9)11(14)15/h2-4H,1H3. The Morgan fingerprint density at radius 1 is 1.53 bits per heavy atom. The zero-order chi connectivity index (χ0) is 11.6. The summed E-state index contributed by atoms with van der Waals surface area (Å²) >= 11 is 0. The zero-order valence-electron chi connectivity index (χ0n) is 7.69. The first-order valence-electron chi connectivity index (χ1n) is 3.91. The lowest BCUT2D eigenvalue weighted by atomic mass is 10.1. The minimum absolute atomic E-state index is 0.177. The highest BCUT2D eigenvalue weighted by atomic mass is 19.1. The molecule has 0 aromatic heterocycles. The molecule has 0 bridgehead atoms. The number of carbonyl (C=O) groups excluding carboxylic acids is 2. The average molecular weight is 211 g/mol. The van der Waals surface area contributed by atoms with E-state index < -0.39 is 27.8 Å². The first kappa shape index (κ1) is 11.0. The molecule has 0 saturated heterocycles. The summed E-state index contributed by atoms with van der Waals surface area (Å²) in [5.41, 5.74) is -1.47. The van der Waals surface area contributed by atoms with Crippen LogP contribution in [-0.4, -0.2) is 17.0 Å². The van der Waals surface area contributed by atoms with Crippen molar-refractivity contribution >= 4 is 17.8 Å². The molecule has 5 nitrogen and oxygen atoms in total. The molecule has 0 saturated carbocycles. The summed E-state index contributed by atoms with van der Waals surface area (Å²) < 4.78 is 13.2. The van der Waals surface area contributed by atoms with E-state index >= 15 is 0 Å². The van der Waals surface area contributed by atoms with Crippen LogP contribution in [0, 0.1) is 15.9 Å². The number of carbonyl (C=O) groups is 2. The number of rotatable bonds is 3. The molecule has 1 aromatic rings. The summed E-state index contributed by atoms with van der Waals surface area (Å²) in [7, 11) is 0. The minimum Gasteiger partial charge on any atom is -0.298 e. The van der Waals surface area contributed by atoms with Crippen LogP contribution in [0.1, 0.15) is 27.6 Å². The van der Waals surface area contributed by atoms with Crippen LogP contribution in [0.2, 0.25) is 0 Å². The summed E-state index contributed by atoms with van der Waals surface area (Å²) in [5, 5.41) is 10.5. The van der Waals surface area contributed by atoms with Gasteiger partial charge in [0.2, 0.25) is 0 Å². The van der Waals surface area contributed by atoms with Crippen molar-refractivity contribution in [3.63, 3.8) is 0 Å². The van der Waals surface area contributed by atoms with Crippen LogP contribution in [0.25, 0.3) is 0 Å². The molecule has 6 heteroatoms. The van der Waals surface area contributed by atoms with Crippen molar-refractivity contribution in [2.75, 3.05) is 0 Å². The van der Waals surface area contributed by atoms with E-state index in [1.807, 2.05) is 0 Å². The van der Waals surface area contributed by atoms with E-state index in [1.54, 1.807) is 0 Å². The highest BCUT2D eigenvalue weighted by molar-refractivity contribution is 5.99. The molecule has 1 aromatic carbocycles. The predicted molar refractivity (Wildman–Crippen MR) is 48.4 cm³/mol. The second-order valence-corrected chi connectivity index (χ2v) is 2.83. The molecule has 15 heavy (non-hydrogen) atoms. The third kappa shape index (κ3) is 2.04. The van der Waals surface area contributed by atoms with Gasteiger partial charge in [0.25, 0.3) is 5.69 Å². The first-order chi connectivity index (χ1) is 6.97. The monoisotopic (exact) mass is 211 g/mol. The maximum Gasteiger partial charge on any atom is 0.283 e. The lowest BCUT2D eigenvalue weighted by Gasteiger charge is -2.01. The Hall–Kier alpha value is -2.11. The van der Waals surface area contributed by atoms with Gasteiger partial charge in [-0.1, -0.05) is 0 Å². The molecule has 0 radical (unpaired) electrons. The summed E-state index contributed by atoms with van der Waals surface area (Å²) in [4.78, 5) is 30.9. The smallest absolute Gasteiger partial charge is 0.283 e. The number of nitro benzene ring substituents is 1. The number of halogens is 1. The van der Waals surface area contributed by atoms with Gasteiger partial charge in [-0.25, -0.2) is 4.39 Å². The number of Topliss-reactive ketones (excluding diaryl/α,β-unsaturated/α-hetero) is 1. The Balaban J connectivity index is 3.56. The third-order valence-electron chi connectivity index (χ3n) is 1.78. The van der Waals surface area contributed by atoms with Crippen LogP contribution in [0.5, 0.6) is 0 Å². The maximum atomic E-state index is 13.2. The first-order valence-corrected chi connectivity index (χ1v) is 3.91. The van der Waals surface area contributed by atoms with E-state index in [0.29, 0.717) is 0 Å². The molecule has 78 valence electrons. The van der Waals surface area contributed by atoms with Crippen LogP contribution >= 0.6 is 0 Å². The normalized spacial score (nSPS) is 9.73. The Labute approximate surface area is 83.7 Å². The molecule has 0 fully saturated rings. The molecule has 0 spiro atoms. The number of hydrogen-bond acceptors (Lipinski definition) is 4. The van der Waals surface area contributed by atoms with Crippen molar-refractivity contribution in [3.05, 3.63) is 39.2 Å². The second-order valence-electron chi connectivity index (χ2n) is 2.83. The van der Waals surface area contributed by atoms with Gasteiger partial charge < -0.3 is 0 Å². The molecule has 0 heterocycles. The van der Waals surface area contributed by atoms with Gasteiger partial charge in [0.1, 0.15) is 17.7 Å². The van der Waals surface area contributed by atoms with Crippen LogP contribution in [0.3, 0.4) is 0 Å². The third-order valence-corrected chi connectivity index (χ3v) is 1.78. The highest BCUT2D eigenvalue weighted by Crippen LogP contribution is 2.23. The van der Waals surface area contributed by atoms with Gasteiger partial charge in [0, 0.05) is 11.6 Å². The van der Waals surface area contributed by atoms with Gasteiger partial charge >= 0.3 is 0 Å². The maximum absolute atomic E-state index is 13.2. The molecule has 0 unspecified atom stereocenters. The topological polar surface area (TPSA) is 77.3 Å². The number of ketones is 1. The number of benzene rings is 1. The van der Waals surface area contributed by atoms with E-state index in [9.17, 15) is 24.1 Å². The van der Waals surface area contributed by atoms with Gasteiger partial charge in [0.05, 0.1) is 4.92 Å². The van der Waals surface area contributed by atoms with Crippen molar-refractivity contribution in [2.45, 2.75) is 6.92 Å². The fraction of sp³-hybridized carbons (Fsp3) is 0.111. The molecule has 1 rings (SSSR count). The fourth-order valence-electron chi connectivity index (χ4n) is 1.17.